The summed E-state index contributed by atoms with van der Waals surface area (Å²) in [5.41, 5.74) is 2.55. The SMILES string of the molecule is COC(=O)C(F)(F)F.O=C(O)C[n+]1ccc(-c2ncsn2)cc1. The van der Waals surface area contributed by atoms with Crippen molar-refractivity contribution in [2.75, 3.05) is 7.11 Å². The number of methoxy groups -OCH3 is 1. The van der Waals surface area contributed by atoms with Crippen molar-refractivity contribution in [1.29, 1.82) is 0 Å². The van der Waals surface area contributed by atoms with Crippen LogP contribution in [0.2, 0.25) is 0 Å². The Morgan fingerprint density at radius 1 is 1.35 bits per heavy atom. The molecule has 2 aromatic heterocycles. The number of ether oxygens (including phenoxy) is 1. The predicted octanol–water partition coefficient (Wildman–Crippen LogP) is 1.30. The zero-order valence-corrected chi connectivity index (χ0v) is 12.5. The molecule has 23 heavy (non-hydrogen) atoms. The first kappa shape index (κ1) is 18.5. The van der Waals surface area contributed by atoms with E-state index in [-0.39, 0.29) is 6.54 Å². The third-order valence-electron chi connectivity index (χ3n) is 2.25. The standard InChI is InChI=1S/C9H7N3O2S.C3H3F3O2/c13-8(14)5-12-3-1-7(2-4-12)9-10-6-15-11-9;1-8-2(7)3(4,5)6/h1-4,6H,5H2;1H3/p+1. The number of aromatic nitrogens is 3. The Morgan fingerprint density at radius 2 is 1.96 bits per heavy atom. The lowest BCUT2D eigenvalue weighted by molar-refractivity contribution is -0.685. The van der Waals surface area contributed by atoms with Gasteiger partial charge in [0.25, 0.3) is 0 Å². The summed E-state index contributed by atoms with van der Waals surface area (Å²) in [6.45, 7) is -0.0369. The van der Waals surface area contributed by atoms with E-state index in [1.165, 1.54) is 11.5 Å². The first-order chi connectivity index (χ1) is 10.7. The number of nitrogens with zero attached hydrogens (tertiary/aromatic N) is 3. The number of carbonyl (C=O) groups excluding carboxylic acids is 1. The van der Waals surface area contributed by atoms with Gasteiger partial charge in [-0.15, -0.1) is 0 Å². The van der Waals surface area contributed by atoms with E-state index in [1.54, 1.807) is 34.6 Å². The zero-order valence-electron chi connectivity index (χ0n) is 11.6. The summed E-state index contributed by atoms with van der Waals surface area (Å²) in [4.78, 5) is 24.0. The van der Waals surface area contributed by atoms with Crippen LogP contribution in [0, 0.1) is 0 Å². The molecule has 0 aliphatic rings. The Bertz CT molecular complexity index is 645. The number of esters is 1. The number of carbonyl (C=O) groups is 2. The molecule has 0 bridgehead atoms. The fourth-order valence-electron chi connectivity index (χ4n) is 1.28. The second-order valence-electron chi connectivity index (χ2n) is 3.90. The molecule has 0 aliphatic carbocycles. The number of hydrogen-bond donors (Lipinski definition) is 1. The van der Waals surface area contributed by atoms with Crippen LogP contribution in [0.25, 0.3) is 11.4 Å². The van der Waals surface area contributed by atoms with Crippen molar-refractivity contribution in [1.82, 2.24) is 9.36 Å². The van der Waals surface area contributed by atoms with Crippen LogP contribution in [-0.2, 0) is 20.9 Å². The van der Waals surface area contributed by atoms with Crippen LogP contribution in [0.1, 0.15) is 0 Å². The van der Waals surface area contributed by atoms with Crippen LogP contribution in [0.15, 0.2) is 30.0 Å². The van der Waals surface area contributed by atoms with Crippen molar-refractivity contribution >= 4 is 23.5 Å². The normalized spacial score (nSPS) is 10.4. The summed E-state index contributed by atoms with van der Waals surface area (Å²) in [6, 6.07) is 3.59. The van der Waals surface area contributed by atoms with Crippen molar-refractivity contribution in [3.63, 3.8) is 0 Å². The van der Waals surface area contributed by atoms with Crippen molar-refractivity contribution in [2.24, 2.45) is 0 Å². The van der Waals surface area contributed by atoms with Gasteiger partial charge in [0, 0.05) is 17.7 Å². The highest BCUT2D eigenvalue weighted by Gasteiger charge is 2.40. The van der Waals surface area contributed by atoms with Crippen LogP contribution >= 0.6 is 11.5 Å². The van der Waals surface area contributed by atoms with Crippen LogP contribution in [-0.4, -0.2) is 39.7 Å². The molecular weight excluding hydrogens is 339 g/mol. The number of rotatable bonds is 3. The monoisotopic (exact) mass is 350 g/mol. The summed E-state index contributed by atoms with van der Waals surface area (Å²) in [6.07, 6.45) is -1.45. The van der Waals surface area contributed by atoms with Crippen molar-refractivity contribution < 1.29 is 37.2 Å². The number of aliphatic carboxylic acids is 1. The molecule has 2 heterocycles. The summed E-state index contributed by atoms with van der Waals surface area (Å²) in [5, 5.41) is 8.58. The number of pyridine rings is 1. The van der Waals surface area contributed by atoms with Crippen molar-refractivity contribution in [3.8, 4) is 11.4 Å². The largest absolute Gasteiger partial charge is 0.490 e. The summed E-state index contributed by atoms with van der Waals surface area (Å²) in [5.74, 6) is -2.36. The highest BCUT2D eigenvalue weighted by Crippen LogP contribution is 2.15. The van der Waals surface area contributed by atoms with Crippen LogP contribution in [0.5, 0.6) is 0 Å². The highest BCUT2D eigenvalue weighted by atomic mass is 32.1. The third kappa shape index (κ3) is 6.38. The minimum atomic E-state index is -4.85. The van der Waals surface area contributed by atoms with Gasteiger partial charge in [-0.25, -0.2) is 14.6 Å². The number of carboxylic acids is 1. The Labute approximate surface area is 132 Å². The summed E-state index contributed by atoms with van der Waals surface area (Å²) < 4.78 is 41.9. The molecule has 0 spiro atoms. The summed E-state index contributed by atoms with van der Waals surface area (Å²) >= 11 is 1.29. The zero-order chi connectivity index (χ0) is 17.5. The molecule has 2 rings (SSSR count). The number of alkyl halides is 3. The average Bonchev–Trinajstić information content (AvgIpc) is 3.00. The Hall–Kier alpha value is -2.56. The Kier molecular flexibility index (Phi) is 6.57. The molecule has 0 fully saturated rings. The van der Waals surface area contributed by atoms with Gasteiger partial charge in [0.05, 0.1) is 7.11 Å². The van der Waals surface area contributed by atoms with Crippen LogP contribution < -0.4 is 4.57 Å². The maximum absolute atomic E-state index is 11.0. The van der Waals surface area contributed by atoms with E-state index in [0.717, 1.165) is 5.56 Å². The molecule has 0 aliphatic heterocycles. The Morgan fingerprint density at radius 3 is 2.30 bits per heavy atom. The van der Waals surface area contributed by atoms with E-state index >= 15 is 0 Å². The fraction of sp³-hybridized carbons (Fsp3) is 0.250. The molecule has 2 aromatic rings. The first-order valence-electron chi connectivity index (χ1n) is 5.87. The van der Waals surface area contributed by atoms with E-state index in [4.69, 9.17) is 5.11 Å². The third-order valence-corrected chi connectivity index (χ3v) is 2.72. The highest BCUT2D eigenvalue weighted by molar-refractivity contribution is 7.03. The van der Waals surface area contributed by atoms with E-state index in [0.29, 0.717) is 12.9 Å². The van der Waals surface area contributed by atoms with E-state index < -0.39 is 18.1 Å². The van der Waals surface area contributed by atoms with Gasteiger partial charge in [-0.3, -0.25) is 0 Å². The van der Waals surface area contributed by atoms with Gasteiger partial charge in [-0.2, -0.15) is 22.1 Å². The number of carboxylic acid groups (broad SMARTS) is 1. The van der Waals surface area contributed by atoms with E-state index in [2.05, 4.69) is 14.1 Å². The lowest BCUT2D eigenvalue weighted by Crippen LogP contribution is -2.36. The molecule has 0 atom stereocenters. The van der Waals surface area contributed by atoms with E-state index in [1.807, 2.05) is 0 Å². The van der Waals surface area contributed by atoms with Gasteiger partial charge in [0.15, 0.2) is 18.2 Å². The van der Waals surface area contributed by atoms with Gasteiger partial charge in [-0.1, -0.05) is 0 Å². The molecule has 7 nitrogen and oxygen atoms in total. The maximum atomic E-state index is 11.0. The second kappa shape index (κ2) is 8.17. The molecule has 0 saturated carbocycles. The quantitative estimate of drug-likeness (QED) is 0.662. The first-order valence-corrected chi connectivity index (χ1v) is 6.70. The average molecular weight is 350 g/mol. The smallest absolute Gasteiger partial charge is 0.477 e. The molecular formula is C12H11F3N3O4S+. The molecule has 0 saturated heterocycles. The minimum absolute atomic E-state index is 0.0369. The summed E-state index contributed by atoms with van der Waals surface area (Å²) in [7, 11) is 0.676. The second-order valence-corrected chi connectivity index (χ2v) is 4.50. The molecule has 124 valence electrons. The van der Waals surface area contributed by atoms with Gasteiger partial charge in [-0.05, 0) is 11.5 Å². The topological polar surface area (TPSA) is 93.3 Å². The molecule has 0 aromatic carbocycles. The Balaban J connectivity index is 0.000000284. The molecule has 0 radical (unpaired) electrons. The fourth-order valence-corrected chi connectivity index (χ4v) is 1.73. The van der Waals surface area contributed by atoms with Gasteiger partial charge in [0.1, 0.15) is 5.51 Å². The molecule has 0 unspecified atom stereocenters. The number of hydrogen-bond acceptors (Lipinski definition) is 6. The van der Waals surface area contributed by atoms with Crippen LogP contribution in [0.4, 0.5) is 13.2 Å². The van der Waals surface area contributed by atoms with Gasteiger partial charge < -0.3 is 9.84 Å². The van der Waals surface area contributed by atoms with Gasteiger partial charge >= 0.3 is 18.1 Å². The molecule has 0 amide bonds. The number of halogens is 3. The molecule has 1 N–H and O–H groups in total. The van der Waals surface area contributed by atoms with E-state index in [9.17, 15) is 22.8 Å². The minimum Gasteiger partial charge on any atom is -0.477 e. The lowest BCUT2D eigenvalue weighted by Gasteiger charge is -1.99. The van der Waals surface area contributed by atoms with Crippen molar-refractivity contribution in [2.45, 2.75) is 12.7 Å². The van der Waals surface area contributed by atoms with Gasteiger partial charge in [0.2, 0.25) is 6.54 Å². The predicted molar refractivity (Wildman–Crippen MR) is 71.2 cm³/mol. The lowest BCUT2D eigenvalue weighted by atomic mass is 10.2. The van der Waals surface area contributed by atoms with Crippen LogP contribution in [0.3, 0.4) is 0 Å². The maximum Gasteiger partial charge on any atom is 0.490 e. The van der Waals surface area contributed by atoms with Crippen molar-refractivity contribution in [3.05, 3.63) is 30.0 Å². The molecule has 11 heteroatoms.